The Balaban J connectivity index is 1.67. The molecule has 1 heterocycles. The molecule has 10 heteroatoms. The first kappa shape index (κ1) is 23.2. The summed E-state index contributed by atoms with van der Waals surface area (Å²) in [6.07, 6.45) is 0.776. The van der Waals surface area contributed by atoms with E-state index in [0.29, 0.717) is 30.0 Å². The number of rotatable bonds is 6. The van der Waals surface area contributed by atoms with Crippen LogP contribution in [0.2, 0.25) is 5.02 Å². The fourth-order valence-corrected chi connectivity index (χ4v) is 5.64. The van der Waals surface area contributed by atoms with E-state index < -0.39 is 14.9 Å². The SMILES string of the molecule is Cc1ccc([N+](=O)[O-])cc1S(=O)(=O)N1CCC(C(=O)N(C)Cc2ccccc2Cl)CC1. The van der Waals surface area contributed by atoms with Crippen LogP contribution >= 0.6 is 11.6 Å². The molecule has 1 saturated heterocycles. The van der Waals surface area contributed by atoms with Crippen molar-refractivity contribution in [2.75, 3.05) is 20.1 Å². The third kappa shape index (κ3) is 5.06. The van der Waals surface area contributed by atoms with Gasteiger partial charge in [-0.25, -0.2) is 8.42 Å². The number of carbonyl (C=O) groups is 1. The van der Waals surface area contributed by atoms with Crippen molar-refractivity contribution in [3.05, 3.63) is 68.7 Å². The maximum absolute atomic E-state index is 13.1. The molecule has 1 amide bonds. The Labute approximate surface area is 186 Å². The van der Waals surface area contributed by atoms with Crippen LogP contribution in [0.5, 0.6) is 0 Å². The number of nitro groups is 1. The summed E-state index contributed by atoms with van der Waals surface area (Å²) in [4.78, 5) is 24.8. The maximum Gasteiger partial charge on any atom is 0.270 e. The van der Waals surface area contributed by atoms with Crippen molar-refractivity contribution < 1.29 is 18.1 Å². The average molecular weight is 466 g/mol. The minimum absolute atomic E-state index is 0.0523. The first-order chi connectivity index (χ1) is 14.6. The van der Waals surface area contributed by atoms with Crippen LogP contribution in [-0.4, -0.2) is 48.6 Å². The maximum atomic E-state index is 13.1. The monoisotopic (exact) mass is 465 g/mol. The number of nitro benzene ring substituents is 1. The number of hydrogen-bond donors (Lipinski definition) is 0. The third-order valence-corrected chi connectivity index (χ3v) is 7.95. The molecule has 0 N–H and O–H groups in total. The second kappa shape index (κ2) is 9.33. The van der Waals surface area contributed by atoms with Crippen LogP contribution in [0.15, 0.2) is 47.4 Å². The van der Waals surface area contributed by atoms with E-state index in [-0.39, 0.29) is 35.5 Å². The van der Waals surface area contributed by atoms with Crippen molar-refractivity contribution in [2.24, 2.45) is 5.92 Å². The lowest BCUT2D eigenvalue weighted by Crippen LogP contribution is -2.43. The lowest BCUT2D eigenvalue weighted by Gasteiger charge is -2.32. The topological polar surface area (TPSA) is 101 Å². The number of piperidine rings is 1. The summed E-state index contributed by atoms with van der Waals surface area (Å²) in [6.45, 7) is 2.35. The van der Waals surface area contributed by atoms with Crippen molar-refractivity contribution in [1.82, 2.24) is 9.21 Å². The zero-order chi connectivity index (χ0) is 22.8. The van der Waals surface area contributed by atoms with Gasteiger partial charge in [0, 0.05) is 49.8 Å². The second-order valence-electron chi connectivity index (χ2n) is 7.67. The van der Waals surface area contributed by atoms with E-state index in [2.05, 4.69) is 0 Å². The second-order valence-corrected chi connectivity index (χ2v) is 9.98. The number of aryl methyl sites for hydroxylation is 1. The first-order valence-electron chi connectivity index (χ1n) is 9.85. The summed E-state index contributed by atoms with van der Waals surface area (Å²) in [5, 5.41) is 11.6. The van der Waals surface area contributed by atoms with Crippen LogP contribution < -0.4 is 0 Å². The Hall–Kier alpha value is -2.49. The Bertz CT molecular complexity index is 1100. The molecule has 2 aromatic rings. The number of non-ortho nitro benzene ring substituents is 1. The highest BCUT2D eigenvalue weighted by Crippen LogP contribution is 2.29. The number of carbonyl (C=O) groups excluding carboxylic acids is 1. The van der Waals surface area contributed by atoms with Gasteiger partial charge in [-0.15, -0.1) is 0 Å². The van der Waals surface area contributed by atoms with Gasteiger partial charge in [-0.1, -0.05) is 35.9 Å². The van der Waals surface area contributed by atoms with Crippen molar-refractivity contribution in [3.8, 4) is 0 Å². The standard InChI is InChI=1S/C21H24ClN3O5S/c1-15-7-8-18(25(27)28)13-20(15)31(29,30)24-11-9-16(10-12-24)21(26)23(2)14-17-5-3-4-6-19(17)22/h3-8,13,16H,9-12,14H2,1-2H3. The fraction of sp³-hybridized carbons (Fsp3) is 0.381. The molecule has 0 aromatic heterocycles. The molecular weight excluding hydrogens is 442 g/mol. The van der Waals surface area contributed by atoms with Gasteiger partial charge in [0.15, 0.2) is 0 Å². The summed E-state index contributed by atoms with van der Waals surface area (Å²) in [7, 11) is -2.18. The van der Waals surface area contributed by atoms with Gasteiger partial charge in [0.2, 0.25) is 15.9 Å². The summed E-state index contributed by atoms with van der Waals surface area (Å²) in [6, 6.07) is 11.1. The number of hydrogen-bond acceptors (Lipinski definition) is 5. The molecule has 1 fully saturated rings. The molecule has 3 rings (SSSR count). The molecule has 0 radical (unpaired) electrons. The molecule has 31 heavy (non-hydrogen) atoms. The highest BCUT2D eigenvalue weighted by Gasteiger charge is 2.34. The van der Waals surface area contributed by atoms with E-state index in [1.165, 1.54) is 16.4 Å². The molecule has 0 aliphatic carbocycles. The highest BCUT2D eigenvalue weighted by molar-refractivity contribution is 7.89. The molecule has 1 aliphatic rings. The molecule has 0 bridgehead atoms. The number of benzene rings is 2. The van der Waals surface area contributed by atoms with Crippen LogP contribution in [0.3, 0.4) is 0 Å². The Morgan fingerprint density at radius 2 is 1.87 bits per heavy atom. The smallest absolute Gasteiger partial charge is 0.270 e. The summed E-state index contributed by atoms with van der Waals surface area (Å²) in [5.74, 6) is -0.339. The molecule has 0 atom stereocenters. The van der Waals surface area contributed by atoms with Crippen LogP contribution in [0.25, 0.3) is 0 Å². The zero-order valence-electron chi connectivity index (χ0n) is 17.3. The van der Waals surface area contributed by atoms with Crippen LogP contribution in [0.4, 0.5) is 5.69 Å². The summed E-state index contributed by atoms with van der Waals surface area (Å²) < 4.78 is 27.4. The lowest BCUT2D eigenvalue weighted by molar-refractivity contribution is -0.385. The number of amides is 1. The minimum atomic E-state index is -3.89. The number of sulfonamides is 1. The molecule has 166 valence electrons. The molecule has 0 unspecified atom stereocenters. The summed E-state index contributed by atoms with van der Waals surface area (Å²) in [5.41, 5.74) is 1.03. The van der Waals surface area contributed by atoms with Crippen LogP contribution in [0.1, 0.15) is 24.0 Å². The van der Waals surface area contributed by atoms with Gasteiger partial charge in [-0.3, -0.25) is 14.9 Å². The predicted octanol–water partition coefficient (Wildman–Crippen LogP) is 3.62. The molecule has 2 aromatic carbocycles. The summed E-state index contributed by atoms with van der Waals surface area (Å²) >= 11 is 6.18. The Morgan fingerprint density at radius 3 is 2.48 bits per heavy atom. The van der Waals surface area contributed by atoms with Gasteiger partial charge in [0.05, 0.1) is 9.82 Å². The van der Waals surface area contributed by atoms with E-state index in [0.717, 1.165) is 11.6 Å². The van der Waals surface area contributed by atoms with E-state index in [4.69, 9.17) is 11.6 Å². The lowest BCUT2D eigenvalue weighted by atomic mass is 9.96. The molecule has 0 saturated carbocycles. The van der Waals surface area contributed by atoms with Gasteiger partial charge < -0.3 is 4.90 Å². The fourth-order valence-electron chi connectivity index (χ4n) is 3.73. The van der Waals surface area contributed by atoms with E-state index in [1.807, 2.05) is 18.2 Å². The molecule has 8 nitrogen and oxygen atoms in total. The minimum Gasteiger partial charge on any atom is -0.341 e. The first-order valence-corrected chi connectivity index (χ1v) is 11.7. The Kier molecular flexibility index (Phi) is 6.98. The average Bonchev–Trinajstić information content (AvgIpc) is 2.74. The van der Waals surface area contributed by atoms with Crippen molar-refractivity contribution in [3.63, 3.8) is 0 Å². The molecular formula is C21H24ClN3O5S. The van der Waals surface area contributed by atoms with Crippen LogP contribution in [-0.2, 0) is 21.4 Å². The molecule has 1 aliphatic heterocycles. The third-order valence-electron chi connectivity index (χ3n) is 5.55. The normalized spacial score (nSPS) is 15.6. The van der Waals surface area contributed by atoms with Gasteiger partial charge in [-0.05, 0) is 37.0 Å². The van der Waals surface area contributed by atoms with Crippen molar-refractivity contribution >= 4 is 33.2 Å². The van der Waals surface area contributed by atoms with E-state index in [1.54, 1.807) is 24.9 Å². The Morgan fingerprint density at radius 1 is 1.23 bits per heavy atom. The van der Waals surface area contributed by atoms with Gasteiger partial charge >= 0.3 is 0 Å². The zero-order valence-corrected chi connectivity index (χ0v) is 18.9. The highest BCUT2D eigenvalue weighted by atomic mass is 35.5. The van der Waals surface area contributed by atoms with Gasteiger partial charge in [0.25, 0.3) is 5.69 Å². The number of nitrogens with zero attached hydrogens (tertiary/aromatic N) is 3. The van der Waals surface area contributed by atoms with Crippen molar-refractivity contribution in [1.29, 1.82) is 0 Å². The van der Waals surface area contributed by atoms with E-state index >= 15 is 0 Å². The van der Waals surface area contributed by atoms with Gasteiger partial charge in [-0.2, -0.15) is 4.31 Å². The van der Waals surface area contributed by atoms with E-state index in [9.17, 15) is 23.3 Å². The van der Waals surface area contributed by atoms with Crippen LogP contribution in [0, 0.1) is 23.0 Å². The largest absolute Gasteiger partial charge is 0.341 e. The quantitative estimate of drug-likeness (QED) is 0.479. The predicted molar refractivity (Wildman–Crippen MR) is 117 cm³/mol. The molecule has 0 spiro atoms. The number of halogens is 1. The van der Waals surface area contributed by atoms with Gasteiger partial charge in [0.1, 0.15) is 0 Å². The van der Waals surface area contributed by atoms with Crippen molar-refractivity contribution in [2.45, 2.75) is 31.2 Å².